The Labute approximate surface area is 189 Å². The number of amides is 2. The number of carbonyl (C=O) groups is 2. The Morgan fingerprint density at radius 2 is 1.87 bits per heavy atom. The average molecular weight is 440 g/mol. The maximum Gasteiger partial charge on any atom is 0.254 e. The van der Waals surface area contributed by atoms with E-state index in [-0.39, 0.29) is 17.9 Å². The fourth-order valence-electron chi connectivity index (χ4n) is 5.37. The van der Waals surface area contributed by atoms with Crippen LogP contribution in [-0.2, 0) is 4.79 Å². The maximum absolute atomic E-state index is 13.4. The fraction of sp³-hybridized carbons (Fsp3) is 0.520. The third-order valence-electron chi connectivity index (χ3n) is 6.59. The van der Waals surface area contributed by atoms with Crippen LogP contribution in [0.2, 0.25) is 0 Å². The highest BCUT2D eigenvalue weighted by atomic mass is 32.1. The summed E-state index contributed by atoms with van der Waals surface area (Å²) in [5, 5.41) is 5.19. The molecule has 2 aliphatic rings. The van der Waals surface area contributed by atoms with Crippen molar-refractivity contribution < 1.29 is 9.59 Å². The second-order valence-electron chi connectivity index (χ2n) is 9.29. The van der Waals surface area contributed by atoms with Gasteiger partial charge < -0.3 is 15.1 Å². The predicted molar refractivity (Wildman–Crippen MR) is 125 cm³/mol. The van der Waals surface area contributed by atoms with Crippen molar-refractivity contribution in [2.24, 2.45) is 11.8 Å². The van der Waals surface area contributed by atoms with Crippen LogP contribution >= 0.6 is 11.3 Å². The molecule has 2 amide bonds. The van der Waals surface area contributed by atoms with Gasteiger partial charge in [-0.05, 0) is 54.3 Å². The van der Waals surface area contributed by atoms with Crippen molar-refractivity contribution in [1.82, 2.24) is 15.1 Å². The summed E-state index contributed by atoms with van der Waals surface area (Å²) in [5.74, 6) is 1.08. The van der Waals surface area contributed by atoms with Crippen LogP contribution in [0.3, 0.4) is 0 Å². The first-order valence-corrected chi connectivity index (χ1v) is 12.2. The molecule has 2 aromatic rings. The highest BCUT2D eigenvalue weighted by Gasteiger charge is 2.42. The van der Waals surface area contributed by atoms with E-state index < -0.39 is 5.92 Å². The van der Waals surface area contributed by atoms with Gasteiger partial charge in [0.25, 0.3) is 5.91 Å². The summed E-state index contributed by atoms with van der Waals surface area (Å²) in [7, 11) is 1.81. The second-order valence-corrected chi connectivity index (χ2v) is 10.3. The van der Waals surface area contributed by atoms with Crippen molar-refractivity contribution in [3.63, 3.8) is 0 Å². The van der Waals surface area contributed by atoms with Gasteiger partial charge in [0.05, 0.1) is 12.0 Å². The predicted octanol–water partition coefficient (Wildman–Crippen LogP) is 4.14. The lowest BCUT2D eigenvalue weighted by Crippen LogP contribution is -2.46. The Morgan fingerprint density at radius 1 is 1.13 bits per heavy atom. The van der Waals surface area contributed by atoms with Gasteiger partial charge in [0.2, 0.25) is 5.91 Å². The lowest BCUT2D eigenvalue weighted by molar-refractivity contribution is -0.124. The lowest BCUT2D eigenvalue weighted by atomic mass is 9.81. The van der Waals surface area contributed by atoms with Gasteiger partial charge in [-0.3, -0.25) is 9.59 Å². The number of nitrogens with zero attached hydrogens (tertiary/aromatic N) is 2. The topological polar surface area (TPSA) is 52.7 Å². The monoisotopic (exact) mass is 439 g/mol. The van der Waals surface area contributed by atoms with Crippen molar-refractivity contribution in [3.05, 3.63) is 57.8 Å². The molecule has 1 aromatic heterocycles. The molecular weight excluding hydrogens is 406 g/mol. The SMILES string of the molecule is C[C@@H]1C[C@H](C)CN(CCCNC(=O)[C@@H]2c3ccccc3C(=O)N(C)[C@H]2c2cccs2)C1. The maximum atomic E-state index is 13.4. The van der Waals surface area contributed by atoms with Crippen molar-refractivity contribution >= 4 is 23.2 Å². The molecule has 0 saturated carbocycles. The van der Waals surface area contributed by atoms with Gasteiger partial charge in [-0.1, -0.05) is 38.1 Å². The third kappa shape index (κ3) is 4.70. The van der Waals surface area contributed by atoms with E-state index in [1.54, 1.807) is 16.2 Å². The number of hydrogen-bond acceptors (Lipinski definition) is 4. The van der Waals surface area contributed by atoms with Gasteiger partial charge in [0, 0.05) is 37.1 Å². The fourth-order valence-corrected chi connectivity index (χ4v) is 6.28. The number of fused-ring (bicyclic) bond motifs is 1. The zero-order valence-corrected chi connectivity index (χ0v) is 19.5. The molecule has 6 heteroatoms. The van der Waals surface area contributed by atoms with Gasteiger partial charge in [0.1, 0.15) is 0 Å². The molecule has 166 valence electrons. The van der Waals surface area contributed by atoms with Crippen molar-refractivity contribution in [3.8, 4) is 0 Å². The molecule has 1 aromatic carbocycles. The second kappa shape index (κ2) is 9.53. The summed E-state index contributed by atoms with van der Waals surface area (Å²) in [4.78, 5) is 31.7. The standard InChI is InChI=1S/C25H33N3O2S/c1-17-14-18(2)16-28(15-17)12-7-11-26-24(29)22-19-8-4-5-9-20(19)25(30)27(3)23(22)21-10-6-13-31-21/h4-6,8-10,13,17-18,22-23H,7,11-12,14-16H2,1-3H3,(H,26,29)/t17-,18+,22-,23+/m1/s1. The van der Waals surface area contributed by atoms with Crippen LogP contribution in [0.1, 0.15) is 59.4 Å². The van der Waals surface area contributed by atoms with Crippen LogP contribution in [0.5, 0.6) is 0 Å². The molecule has 3 heterocycles. The Hall–Kier alpha value is -2.18. The lowest BCUT2D eigenvalue weighted by Gasteiger charge is -2.39. The van der Waals surface area contributed by atoms with Crippen LogP contribution < -0.4 is 5.32 Å². The Balaban J connectivity index is 1.46. The van der Waals surface area contributed by atoms with E-state index in [4.69, 9.17) is 0 Å². The summed E-state index contributed by atoms with van der Waals surface area (Å²) < 4.78 is 0. The van der Waals surface area contributed by atoms with E-state index in [9.17, 15) is 9.59 Å². The van der Waals surface area contributed by atoms with Gasteiger partial charge in [-0.25, -0.2) is 0 Å². The quantitative estimate of drug-likeness (QED) is 0.688. The van der Waals surface area contributed by atoms with Crippen LogP contribution in [0.4, 0.5) is 0 Å². The smallest absolute Gasteiger partial charge is 0.254 e. The minimum absolute atomic E-state index is 0.00517. The molecule has 0 bridgehead atoms. The van der Waals surface area contributed by atoms with E-state index in [1.165, 1.54) is 6.42 Å². The first-order valence-electron chi connectivity index (χ1n) is 11.3. The normalized spacial score (nSPS) is 26.5. The summed E-state index contributed by atoms with van der Waals surface area (Å²) in [6.07, 6.45) is 2.25. The Morgan fingerprint density at radius 3 is 2.58 bits per heavy atom. The van der Waals surface area contributed by atoms with Crippen molar-refractivity contribution in [2.75, 3.05) is 33.2 Å². The van der Waals surface area contributed by atoms with Crippen LogP contribution in [-0.4, -0.2) is 54.8 Å². The van der Waals surface area contributed by atoms with Crippen LogP contribution in [0, 0.1) is 11.8 Å². The number of hydrogen-bond donors (Lipinski definition) is 1. The molecule has 0 aliphatic carbocycles. The minimum atomic E-state index is -0.396. The molecular formula is C25H33N3O2S. The van der Waals surface area contributed by atoms with Crippen molar-refractivity contribution in [2.45, 2.75) is 38.6 Å². The number of likely N-dealkylation sites (N-methyl/N-ethyl adjacent to an activating group) is 1. The third-order valence-corrected chi connectivity index (χ3v) is 7.53. The summed E-state index contributed by atoms with van der Waals surface area (Å²) >= 11 is 1.60. The molecule has 0 unspecified atom stereocenters. The van der Waals surface area contributed by atoms with E-state index in [0.717, 1.165) is 48.3 Å². The van der Waals surface area contributed by atoms with Gasteiger partial charge in [0.15, 0.2) is 0 Å². The zero-order valence-electron chi connectivity index (χ0n) is 18.7. The van der Waals surface area contributed by atoms with E-state index in [0.29, 0.717) is 12.1 Å². The first-order chi connectivity index (χ1) is 15.0. The molecule has 1 fully saturated rings. The molecule has 2 aliphatic heterocycles. The summed E-state index contributed by atoms with van der Waals surface area (Å²) in [6, 6.07) is 11.3. The number of carbonyl (C=O) groups excluding carboxylic acids is 2. The number of thiophene rings is 1. The molecule has 1 N–H and O–H groups in total. The van der Waals surface area contributed by atoms with Crippen LogP contribution in [0.25, 0.3) is 0 Å². The van der Waals surface area contributed by atoms with E-state index in [1.807, 2.05) is 48.8 Å². The minimum Gasteiger partial charge on any atom is -0.355 e. The highest BCUT2D eigenvalue weighted by molar-refractivity contribution is 7.10. The van der Waals surface area contributed by atoms with Gasteiger partial charge in [-0.15, -0.1) is 11.3 Å². The number of likely N-dealkylation sites (tertiary alicyclic amines) is 1. The molecule has 1 saturated heterocycles. The van der Waals surface area contributed by atoms with Crippen LogP contribution in [0.15, 0.2) is 41.8 Å². The number of nitrogens with one attached hydrogen (secondary N) is 1. The molecule has 5 nitrogen and oxygen atoms in total. The molecule has 0 spiro atoms. The molecule has 4 atom stereocenters. The first kappa shape index (κ1) is 22.0. The van der Waals surface area contributed by atoms with Gasteiger partial charge in [-0.2, -0.15) is 0 Å². The molecule has 0 radical (unpaired) electrons. The number of piperidine rings is 1. The van der Waals surface area contributed by atoms with E-state index >= 15 is 0 Å². The number of benzene rings is 1. The Kier molecular flexibility index (Phi) is 6.77. The average Bonchev–Trinajstić information content (AvgIpc) is 3.27. The largest absolute Gasteiger partial charge is 0.355 e. The summed E-state index contributed by atoms with van der Waals surface area (Å²) in [5.41, 5.74) is 1.47. The molecule has 31 heavy (non-hydrogen) atoms. The van der Waals surface area contributed by atoms with E-state index in [2.05, 4.69) is 24.1 Å². The zero-order chi connectivity index (χ0) is 22.0. The van der Waals surface area contributed by atoms with Gasteiger partial charge >= 0.3 is 0 Å². The summed E-state index contributed by atoms with van der Waals surface area (Å²) in [6.45, 7) is 8.64. The highest BCUT2D eigenvalue weighted by Crippen LogP contribution is 2.43. The van der Waals surface area contributed by atoms with Crippen molar-refractivity contribution in [1.29, 1.82) is 0 Å². The number of rotatable bonds is 6. The molecule has 4 rings (SSSR count). The Bertz CT molecular complexity index is 903.